The van der Waals surface area contributed by atoms with Gasteiger partial charge < -0.3 is 4.74 Å². The number of ether oxygens (including phenoxy) is 1. The lowest BCUT2D eigenvalue weighted by atomic mass is 9.80. The maximum absolute atomic E-state index is 7.06. The fourth-order valence-electron chi connectivity index (χ4n) is 3.85. The summed E-state index contributed by atoms with van der Waals surface area (Å²) in [5, 5.41) is 0. The van der Waals surface area contributed by atoms with Gasteiger partial charge in [-0.25, -0.2) is 0 Å². The Morgan fingerprint density at radius 3 is 1.67 bits per heavy atom. The SMILES string of the molecule is C=CCC(C=CCCCC)OC(c1ccccc1)(c1ccccc1)c1ccccc1. The topological polar surface area (TPSA) is 9.23 Å². The van der Waals surface area contributed by atoms with Crippen LogP contribution in [0.5, 0.6) is 0 Å². The Morgan fingerprint density at radius 1 is 0.800 bits per heavy atom. The summed E-state index contributed by atoms with van der Waals surface area (Å²) in [5.41, 5.74) is 2.67. The predicted octanol–water partition coefficient (Wildman–Crippen LogP) is 7.69. The Bertz CT molecular complexity index is 800. The van der Waals surface area contributed by atoms with Crippen LogP contribution in [0.4, 0.5) is 0 Å². The maximum atomic E-state index is 7.06. The van der Waals surface area contributed by atoms with Crippen LogP contribution in [0.1, 0.15) is 49.3 Å². The van der Waals surface area contributed by atoms with Crippen molar-refractivity contribution in [3.05, 3.63) is 132 Å². The van der Waals surface area contributed by atoms with Crippen molar-refractivity contribution < 1.29 is 4.74 Å². The van der Waals surface area contributed by atoms with Crippen LogP contribution in [0.2, 0.25) is 0 Å². The molecule has 0 radical (unpaired) electrons. The number of unbranched alkanes of at least 4 members (excludes halogenated alkanes) is 2. The maximum Gasteiger partial charge on any atom is 0.144 e. The molecular weight excluding hydrogens is 364 g/mol. The van der Waals surface area contributed by atoms with Crippen LogP contribution in [-0.4, -0.2) is 6.10 Å². The van der Waals surface area contributed by atoms with E-state index in [1.54, 1.807) is 0 Å². The van der Waals surface area contributed by atoms with Gasteiger partial charge in [-0.05, 0) is 29.5 Å². The molecule has 0 amide bonds. The third-order valence-corrected chi connectivity index (χ3v) is 5.34. The van der Waals surface area contributed by atoms with E-state index in [2.05, 4.69) is 117 Å². The highest BCUT2D eigenvalue weighted by atomic mass is 16.5. The number of rotatable bonds is 11. The van der Waals surface area contributed by atoms with Gasteiger partial charge in [-0.3, -0.25) is 0 Å². The molecule has 0 saturated carbocycles. The van der Waals surface area contributed by atoms with Crippen molar-refractivity contribution in [2.24, 2.45) is 0 Å². The van der Waals surface area contributed by atoms with Crippen molar-refractivity contribution in [1.82, 2.24) is 0 Å². The summed E-state index contributed by atoms with van der Waals surface area (Å²) < 4.78 is 7.06. The van der Waals surface area contributed by atoms with Gasteiger partial charge in [0, 0.05) is 0 Å². The fourth-order valence-corrected chi connectivity index (χ4v) is 3.85. The highest BCUT2D eigenvalue weighted by Crippen LogP contribution is 2.41. The molecule has 0 N–H and O–H groups in total. The Balaban J connectivity index is 2.15. The highest BCUT2D eigenvalue weighted by Gasteiger charge is 2.39. The third-order valence-electron chi connectivity index (χ3n) is 5.34. The van der Waals surface area contributed by atoms with Crippen molar-refractivity contribution in [3.63, 3.8) is 0 Å². The van der Waals surface area contributed by atoms with Crippen molar-refractivity contribution in [2.45, 2.75) is 44.3 Å². The highest BCUT2D eigenvalue weighted by molar-refractivity contribution is 5.47. The minimum atomic E-state index is -0.702. The largest absolute Gasteiger partial charge is 0.353 e. The van der Waals surface area contributed by atoms with Gasteiger partial charge in [0.05, 0.1) is 6.10 Å². The predicted molar refractivity (Wildman–Crippen MR) is 128 cm³/mol. The van der Waals surface area contributed by atoms with Crippen LogP contribution in [0.3, 0.4) is 0 Å². The van der Waals surface area contributed by atoms with Gasteiger partial charge >= 0.3 is 0 Å². The Kier molecular flexibility index (Phi) is 8.23. The Morgan fingerprint density at radius 2 is 1.27 bits per heavy atom. The first-order chi connectivity index (χ1) is 14.8. The molecule has 3 aromatic carbocycles. The van der Waals surface area contributed by atoms with Gasteiger partial charge in [0.15, 0.2) is 0 Å². The summed E-state index contributed by atoms with van der Waals surface area (Å²) in [4.78, 5) is 0. The van der Waals surface area contributed by atoms with Crippen molar-refractivity contribution in [3.8, 4) is 0 Å². The number of allylic oxidation sites excluding steroid dienone is 1. The van der Waals surface area contributed by atoms with Crippen molar-refractivity contribution in [1.29, 1.82) is 0 Å². The molecule has 0 saturated heterocycles. The molecule has 1 nitrogen and oxygen atoms in total. The minimum absolute atomic E-state index is 0.0695. The minimum Gasteiger partial charge on any atom is -0.353 e. The van der Waals surface area contributed by atoms with E-state index in [-0.39, 0.29) is 6.10 Å². The van der Waals surface area contributed by atoms with Crippen molar-refractivity contribution >= 4 is 0 Å². The van der Waals surface area contributed by atoms with Crippen LogP contribution in [0, 0.1) is 0 Å². The zero-order valence-electron chi connectivity index (χ0n) is 17.9. The molecule has 1 atom stereocenters. The Labute approximate surface area is 181 Å². The average molecular weight is 397 g/mol. The lowest BCUT2D eigenvalue weighted by Crippen LogP contribution is -2.36. The van der Waals surface area contributed by atoms with Gasteiger partial charge in [0.25, 0.3) is 0 Å². The lowest BCUT2D eigenvalue weighted by Gasteiger charge is -2.38. The van der Waals surface area contributed by atoms with E-state index in [9.17, 15) is 0 Å². The molecule has 1 unspecified atom stereocenters. The molecular formula is C29H32O. The first-order valence-corrected chi connectivity index (χ1v) is 10.9. The zero-order chi connectivity index (χ0) is 21.1. The summed E-state index contributed by atoms with van der Waals surface area (Å²) in [7, 11) is 0. The second-order valence-corrected chi connectivity index (χ2v) is 7.53. The molecule has 3 aromatic rings. The molecule has 0 heterocycles. The quantitative estimate of drug-likeness (QED) is 0.183. The molecule has 0 aliphatic heterocycles. The van der Waals surface area contributed by atoms with Gasteiger partial charge in [-0.15, -0.1) is 6.58 Å². The van der Waals surface area contributed by atoms with E-state index < -0.39 is 5.60 Å². The number of hydrogen-bond donors (Lipinski definition) is 0. The first-order valence-electron chi connectivity index (χ1n) is 10.9. The van der Waals surface area contributed by atoms with Crippen LogP contribution in [0.25, 0.3) is 0 Å². The molecule has 0 aromatic heterocycles. The zero-order valence-corrected chi connectivity index (χ0v) is 17.9. The molecule has 154 valence electrons. The van der Waals surface area contributed by atoms with E-state index >= 15 is 0 Å². The van der Waals surface area contributed by atoms with Crippen LogP contribution in [-0.2, 0) is 10.3 Å². The molecule has 30 heavy (non-hydrogen) atoms. The molecule has 1 heteroatoms. The number of hydrogen-bond acceptors (Lipinski definition) is 1. The summed E-state index contributed by atoms with van der Waals surface area (Å²) in [5.74, 6) is 0. The van der Waals surface area contributed by atoms with Crippen LogP contribution < -0.4 is 0 Å². The summed E-state index contributed by atoms with van der Waals surface area (Å²) in [6.07, 6.45) is 10.6. The second kappa shape index (κ2) is 11.3. The normalized spacial score (nSPS) is 12.7. The molecule has 0 aliphatic rings. The molecule has 0 aliphatic carbocycles. The van der Waals surface area contributed by atoms with E-state index in [1.807, 2.05) is 6.08 Å². The van der Waals surface area contributed by atoms with E-state index in [0.717, 1.165) is 29.5 Å². The second-order valence-electron chi connectivity index (χ2n) is 7.53. The summed E-state index contributed by atoms with van der Waals surface area (Å²) in [6.45, 7) is 6.20. The molecule has 0 fully saturated rings. The third kappa shape index (κ3) is 5.17. The van der Waals surface area contributed by atoms with E-state index in [4.69, 9.17) is 4.74 Å². The van der Waals surface area contributed by atoms with Crippen molar-refractivity contribution in [2.75, 3.05) is 0 Å². The van der Waals surface area contributed by atoms with Gasteiger partial charge in [0.1, 0.15) is 5.60 Å². The molecule has 0 bridgehead atoms. The van der Waals surface area contributed by atoms with E-state index in [1.165, 1.54) is 12.8 Å². The standard InChI is InChI=1S/C29H32O/c1-3-5-6-16-24-28(17-4-2)30-29(25-18-10-7-11-19-25,26-20-12-8-13-21-26)27-22-14-9-15-23-27/h4,7-16,18-24,28H,2-3,5-6,17H2,1H3. The Hall–Kier alpha value is -2.90. The molecule has 0 spiro atoms. The van der Waals surface area contributed by atoms with E-state index in [0.29, 0.717) is 0 Å². The first kappa shape index (κ1) is 21.8. The van der Waals surface area contributed by atoms with Crippen LogP contribution >= 0.6 is 0 Å². The molecule has 3 rings (SSSR count). The van der Waals surface area contributed by atoms with Gasteiger partial charge in [0.2, 0.25) is 0 Å². The number of benzene rings is 3. The lowest BCUT2D eigenvalue weighted by molar-refractivity contribution is -0.0229. The fraction of sp³-hybridized carbons (Fsp3) is 0.241. The monoisotopic (exact) mass is 396 g/mol. The van der Waals surface area contributed by atoms with Gasteiger partial charge in [-0.2, -0.15) is 0 Å². The smallest absolute Gasteiger partial charge is 0.144 e. The summed E-state index contributed by atoms with van der Waals surface area (Å²) >= 11 is 0. The van der Waals surface area contributed by atoms with Crippen LogP contribution in [0.15, 0.2) is 116 Å². The summed E-state index contributed by atoms with van der Waals surface area (Å²) in [6, 6.07) is 31.6. The van der Waals surface area contributed by atoms with Gasteiger partial charge in [-0.1, -0.05) is 129 Å². The average Bonchev–Trinajstić information content (AvgIpc) is 2.82.